The molecule has 0 amide bonds. The van der Waals surface area contributed by atoms with E-state index in [9.17, 15) is 0 Å². The van der Waals surface area contributed by atoms with Crippen LogP contribution in [0.1, 0.15) is 55.0 Å². The Bertz CT molecular complexity index is 384. The molecule has 2 aliphatic carbocycles. The fourth-order valence-corrected chi connectivity index (χ4v) is 4.19. The molecule has 94 valence electrons. The Labute approximate surface area is 113 Å². The standard InChI is InChI=1S/C14H20ClNS/c15-14-9-11-12(4-1-5-13(11)17-14)16-8-2-3-10-6-7-10/h9-10,12,16H,1-8H2. The molecule has 1 aromatic heterocycles. The van der Waals surface area contributed by atoms with Gasteiger partial charge < -0.3 is 5.32 Å². The van der Waals surface area contributed by atoms with Crippen LogP contribution in [0, 0.1) is 5.92 Å². The van der Waals surface area contributed by atoms with Crippen molar-refractivity contribution < 1.29 is 0 Å². The minimum atomic E-state index is 0.571. The number of halogens is 1. The van der Waals surface area contributed by atoms with Gasteiger partial charge in [-0.2, -0.15) is 0 Å². The molecule has 1 nitrogen and oxygen atoms in total. The Morgan fingerprint density at radius 1 is 1.35 bits per heavy atom. The van der Waals surface area contributed by atoms with Crippen molar-refractivity contribution in [2.24, 2.45) is 5.92 Å². The molecule has 1 heterocycles. The van der Waals surface area contributed by atoms with Gasteiger partial charge in [0.1, 0.15) is 0 Å². The number of fused-ring (bicyclic) bond motifs is 1. The Morgan fingerprint density at radius 2 is 2.24 bits per heavy atom. The quantitative estimate of drug-likeness (QED) is 0.773. The van der Waals surface area contributed by atoms with Gasteiger partial charge in [0.05, 0.1) is 4.34 Å². The molecule has 3 heteroatoms. The van der Waals surface area contributed by atoms with Gasteiger partial charge in [-0.25, -0.2) is 0 Å². The Morgan fingerprint density at radius 3 is 3.06 bits per heavy atom. The van der Waals surface area contributed by atoms with Gasteiger partial charge in [-0.15, -0.1) is 11.3 Å². The number of rotatable bonds is 5. The molecule has 1 saturated carbocycles. The lowest BCUT2D eigenvalue weighted by molar-refractivity contribution is 0.451. The molecule has 17 heavy (non-hydrogen) atoms. The van der Waals surface area contributed by atoms with Crippen molar-refractivity contribution in [3.63, 3.8) is 0 Å². The summed E-state index contributed by atoms with van der Waals surface area (Å²) in [5.74, 6) is 1.06. The molecule has 0 aliphatic heterocycles. The molecule has 1 aromatic rings. The Balaban J connectivity index is 1.52. The van der Waals surface area contributed by atoms with Gasteiger partial charge in [-0.1, -0.05) is 24.4 Å². The van der Waals surface area contributed by atoms with Crippen molar-refractivity contribution in [3.05, 3.63) is 20.8 Å². The van der Waals surface area contributed by atoms with Crippen molar-refractivity contribution in [3.8, 4) is 0 Å². The van der Waals surface area contributed by atoms with Crippen LogP contribution in [0.5, 0.6) is 0 Å². The van der Waals surface area contributed by atoms with Gasteiger partial charge in [0.25, 0.3) is 0 Å². The summed E-state index contributed by atoms with van der Waals surface area (Å²) in [6, 6.07) is 2.75. The van der Waals surface area contributed by atoms with Gasteiger partial charge in [-0.3, -0.25) is 0 Å². The van der Waals surface area contributed by atoms with Gasteiger partial charge in [0.2, 0.25) is 0 Å². The van der Waals surface area contributed by atoms with Crippen molar-refractivity contribution >= 4 is 22.9 Å². The smallest absolute Gasteiger partial charge is 0.0934 e. The molecule has 0 spiro atoms. The lowest BCUT2D eigenvalue weighted by Gasteiger charge is -2.23. The van der Waals surface area contributed by atoms with Crippen molar-refractivity contribution in [1.82, 2.24) is 5.32 Å². The van der Waals surface area contributed by atoms with E-state index in [-0.39, 0.29) is 0 Å². The predicted octanol–water partition coefficient (Wildman–Crippen LogP) is 4.56. The number of hydrogen-bond acceptors (Lipinski definition) is 2. The zero-order valence-electron chi connectivity index (χ0n) is 10.2. The van der Waals surface area contributed by atoms with Gasteiger partial charge in [0.15, 0.2) is 0 Å². The van der Waals surface area contributed by atoms with Crippen LogP contribution in [-0.2, 0) is 6.42 Å². The van der Waals surface area contributed by atoms with Crippen LogP contribution >= 0.6 is 22.9 Å². The van der Waals surface area contributed by atoms with E-state index in [1.54, 1.807) is 11.3 Å². The average Bonchev–Trinajstić information content (AvgIpc) is 3.05. The third kappa shape index (κ3) is 3.04. The van der Waals surface area contributed by atoms with E-state index in [4.69, 9.17) is 11.6 Å². The largest absolute Gasteiger partial charge is 0.310 e. The molecule has 0 bridgehead atoms. The lowest BCUT2D eigenvalue weighted by atomic mass is 9.94. The monoisotopic (exact) mass is 269 g/mol. The fraction of sp³-hybridized carbons (Fsp3) is 0.714. The molecule has 1 atom stereocenters. The van der Waals surface area contributed by atoms with E-state index in [1.807, 2.05) is 0 Å². The maximum atomic E-state index is 6.12. The van der Waals surface area contributed by atoms with Crippen molar-refractivity contribution in [2.45, 2.75) is 51.0 Å². The molecule has 2 aliphatic rings. The SMILES string of the molecule is Clc1cc2c(s1)CCCC2NCCCC1CC1. The van der Waals surface area contributed by atoms with E-state index >= 15 is 0 Å². The minimum absolute atomic E-state index is 0.571. The summed E-state index contributed by atoms with van der Waals surface area (Å²) in [5.41, 5.74) is 1.48. The second kappa shape index (κ2) is 5.29. The highest BCUT2D eigenvalue weighted by Crippen LogP contribution is 2.38. The molecule has 0 aromatic carbocycles. The summed E-state index contributed by atoms with van der Waals surface area (Å²) in [6.45, 7) is 1.17. The summed E-state index contributed by atoms with van der Waals surface area (Å²) in [7, 11) is 0. The van der Waals surface area contributed by atoms with Gasteiger partial charge >= 0.3 is 0 Å². The van der Waals surface area contributed by atoms with Crippen LogP contribution in [0.25, 0.3) is 0 Å². The molecule has 0 saturated heterocycles. The van der Waals surface area contributed by atoms with E-state index in [0.717, 1.165) is 10.3 Å². The summed E-state index contributed by atoms with van der Waals surface area (Å²) in [6.07, 6.45) is 9.55. The molecular formula is C14H20ClNS. The highest BCUT2D eigenvalue weighted by atomic mass is 35.5. The molecular weight excluding hydrogens is 250 g/mol. The summed E-state index contributed by atoms with van der Waals surface area (Å²) in [4.78, 5) is 1.51. The first-order valence-corrected chi connectivity index (χ1v) is 8.04. The van der Waals surface area contributed by atoms with Crippen LogP contribution < -0.4 is 5.32 Å². The van der Waals surface area contributed by atoms with Crippen molar-refractivity contribution in [1.29, 1.82) is 0 Å². The van der Waals surface area contributed by atoms with E-state index in [2.05, 4.69) is 11.4 Å². The summed E-state index contributed by atoms with van der Waals surface area (Å²) in [5, 5.41) is 3.72. The molecule has 1 fully saturated rings. The molecule has 0 radical (unpaired) electrons. The minimum Gasteiger partial charge on any atom is -0.310 e. The zero-order chi connectivity index (χ0) is 11.7. The number of thiophene rings is 1. The van der Waals surface area contributed by atoms with Crippen LogP contribution in [0.2, 0.25) is 4.34 Å². The van der Waals surface area contributed by atoms with Crippen LogP contribution in [0.3, 0.4) is 0 Å². The van der Waals surface area contributed by atoms with Gasteiger partial charge in [-0.05, 0) is 56.2 Å². The second-order valence-corrected chi connectivity index (χ2v) is 7.18. The van der Waals surface area contributed by atoms with Gasteiger partial charge in [0, 0.05) is 10.9 Å². The van der Waals surface area contributed by atoms with Crippen LogP contribution in [0.15, 0.2) is 6.07 Å². The van der Waals surface area contributed by atoms with E-state index < -0.39 is 0 Å². The highest BCUT2D eigenvalue weighted by molar-refractivity contribution is 7.16. The van der Waals surface area contributed by atoms with Crippen LogP contribution in [-0.4, -0.2) is 6.54 Å². The molecule has 3 rings (SSSR count). The van der Waals surface area contributed by atoms with Crippen molar-refractivity contribution in [2.75, 3.05) is 6.54 Å². The second-order valence-electron chi connectivity index (χ2n) is 5.41. The maximum absolute atomic E-state index is 6.12. The first kappa shape index (κ1) is 12.0. The third-order valence-corrected chi connectivity index (χ3v) is 5.30. The third-order valence-electron chi connectivity index (χ3n) is 3.96. The van der Waals surface area contributed by atoms with E-state index in [1.165, 1.54) is 61.9 Å². The lowest BCUT2D eigenvalue weighted by Crippen LogP contribution is -2.25. The predicted molar refractivity (Wildman–Crippen MR) is 75.0 cm³/mol. The molecule has 1 unspecified atom stereocenters. The first-order valence-electron chi connectivity index (χ1n) is 6.84. The van der Waals surface area contributed by atoms with Crippen LogP contribution in [0.4, 0.5) is 0 Å². The first-order chi connectivity index (χ1) is 8.33. The number of aryl methyl sites for hydroxylation is 1. The van der Waals surface area contributed by atoms with E-state index in [0.29, 0.717) is 6.04 Å². The number of hydrogen-bond donors (Lipinski definition) is 1. The Kier molecular flexibility index (Phi) is 3.74. The Hall–Kier alpha value is -0.0500. The maximum Gasteiger partial charge on any atom is 0.0934 e. The zero-order valence-corrected chi connectivity index (χ0v) is 11.7. The topological polar surface area (TPSA) is 12.0 Å². The summed E-state index contributed by atoms with van der Waals surface area (Å²) < 4.78 is 0.960. The fourth-order valence-electron chi connectivity index (χ4n) is 2.81. The molecule has 1 N–H and O–H groups in total. The number of nitrogens with one attached hydrogen (secondary N) is 1. The average molecular weight is 270 g/mol. The summed E-state index contributed by atoms with van der Waals surface area (Å²) >= 11 is 7.89. The normalized spacial score (nSPS) is 23.7. The highest BCUT2D eigenvalue weighted by Gasteiger charge is 2.23.